The molecule has 1 saturated heterocycles. The first-order valence-corrected chi connectivity index (χ1v) is 6.61. The molecule has 0 bridgehead atoms. The van der Waals surface area contributed by atoms with Gasteiger partial charge in [-0.05, 0) is 12.5 Å². The van der Waals surface area contributed by atoms with Gasteiger partial charge in [0.15, 0.2) is 5.65 Å². The molecule has 0 atom stereocenters. The van der Waals surface area contributed by atoms with Crippen LogP contribution >= 0.6 is 0 Å². The molecule has 1 aliphatic rings. The van der Waals surface area contributed by atoms with Crippen LogP contribution in [0.1, 0.15) is 19.8 Å². The van der Waals surface area contributed by atoms with Crippen molar-refractivity contribution in [3.8, 4) is 0 Å². The lowest BCUT2D eigenvalue weighted by molar-refractivity contribution is -0.122. The molecule has 1 N–H and O–H groups in total. The van der Waals surface area contributed by atoms with Crippen LogP contribution in [0, 0.1) is 0 Å². The topological polar surface area (TPSA) is 62.5 Å². The van der Waals surface area contributed by atoms with E-state index in [9.17, 15) is 4.79 Å². The van der Waals surface area contributed by atoms with E-state index < -0.39 is 0 Å². The molecule has 100 valence electrons. The van der Waals surface area contributed by atoms with Crippen molar-refractivity contribution in [2.75, 3.05) is 18.0 Å². The molecule has 19 heavy (non-hydrogen) atoms. The summed E-state index contributed by atoms with van der Waals surface area (Å²) in [4.78, 5) is 17.9. The van der Waals surface area contributed by atoms with Gasteiger partial charge in [0.1, 0.15) is 5.82 Å². The molecule has 0 saturated carbocycles. The van der Waals surface area contributed by atoms with Crippen molar-refractivity contribution in [3.63, 3.8) is 0 Å². The Morgan fingerprint density at radius 1 is 1.42 bits per heavy atom. The van der Waals surface area contributed by atoms with Crippen LogP contribution < -0.4 is 10.2 Å². The van der Waals surface area contributed by atoms with Gasteiger partial charge in [0.05, 0.1) is 12.2 Å². The van der Waals surface area contributed by atoms with E-state index in [1.807, 2.05) is 23.6 Å². The lowest BCUT2D eigenvalue weighted by Gasteiger charge is -2.40. The zero-order valence-electron chi connectivity index (χ0n) is 10.9. The molecule has 2 aromatic rings. The molecule has 2 aromatic heterocycles. The molecule has 0 aromatic carbocycles. The van der Waals surface area contributed by atoms with Crippen molar-refractivity contribution in [1.82, 2.24) is 19.9 Å². The van der Waals surface area contributed by atoms with E-state index >= 15 is 0 Å². The predicted octanol–water partition coefficient (Wildman–Crippen LogP) is 0.834. The predicted molar refractivity (Wildman–Crippen MR) is 72.0 cm³/mol. The Labute approximate surface area is 111 Å². The van der Waals surface area contributed by atoms with Crippen LogP contribution in [0.25, 0.3) is 5.65 Å². The number of aromatic nitrogens is 3. The Kier molecular flexibility index (Phi) is 3.06. The van der Waals surface area contributed by atoms with E-state index in [4.69, 9.17) is 0 Å². The Balaban J connectivity index is 1.64. The number of hydrogen-bond acceptors (Lipinski definition) is 4. The third-order valence-electron chi connectivity index (χ3n) is 3.32. The van der Waals surface area contributed by atoms with Gasteiger partial charge in [-0.3, -0.25) is 4.79 Å². The standard InChI is InChI=1S/C13H17N5O/c1-2-3-12(19)16-10-8-17(9-10)13-5-6-14-11-4-7-15-18(11)13/h4-7,10H,2-3,8-9H2,1H3,(H,16,19). The number of fused-ring (bicyclic) bond motifs is 1. The third-order valence-corrected chi connectivity index (χ3v) is 3.32. The molecule has 6 heteroatoms. The maximum Gasteiger partial charge on any atom is 0.220 e. The Morgan fingerprint density at radius 2 is 2.26 bits per heavy atom. The van der Waals surface area contributed by atoms with Crippen molar-refractivity contribution >= 4 is 17.4 Å². The van der Waals surface area contributed by atoms with Crippen LogP contribution in [0.15, 0.2) is 24.5 Å². The molecule has 0 radical (unpaired) electrons. The first-order chi connectivity index (χ1) is 9.28. The summed E-state index contributed by atoms with van der Waals surface area (Å²) < 4.78 is 1.82. The number of nitrogens with one attached hydrogen (secondary N) is 1. The number of amides is 1. The molecular formula is C13H17N5O. The van der Waals surface area contributed by atoms with Crippen LogP contribution in [-0.4, -0.2) is 39.6 Å². The van der Waals surface area contributed by atoms with E-state index in [2.05, 4.69) is 20.3 Å². The zero-order chi connectivity index (χ0) is 13.2. The number of rotatable bonds is 4. The number of anilines is 1. The van der Waals surface area contributed by atoms with Gasteiger partial charge < -0.3 is 10.2 Å². The summed E-state index contributed by atoms with van der Waals surface area (Å²) in [5, 5.41) is 7.30. The minimum atomic E-state index is 0.145. The first kappa shape index (κ1) is 12.0. The van der Waals surface area contributed by atoms with Gasteiger partial charge in [-0.15, -0.1) is 0 Å². The van der Waals surface area contributed by atoms with Crippen LogP contribution in [0.3, 0.4) is 0 Å². The maximum absolute atomic E-state index is 11.5. The summed E-state index contributed by atoms with van der Waals surface area (Å²) in [6.07, 6.45) is 5.02. The number of carbonyl (C=O) groups is 1. The van der Waals surface area contributed by atoms with E-state index in [1.54, 1.807) is 12.4 Å². The molecule has 1 amide bonds. The van der Waals surface area contributed by atoms with Crippen LogP contribution in [-0.2, 0) is 4.79 Å². The van der Waals surface area contributed by atoms with E-state index in [1.165, 1.54) is 0 Å². The highest BCUT2D eigenvalue weighted by atomic mass is 16.1. The molecule has 3 rings (SSSR count). The molecule has 0 aliphatic carbocycles. The molecule has 1 fully saturated rings. The minimum absolute atomic E-state index is 0.145. The number of nitrogens with zero attached hydrogens (tertiary/aromatic N) is 4. The quantitative estimate of drug-likeness (QED) is 0.883. The highest BCUT2D eigenvalue weighted by Crippen LogP contribution is 2.20. The van der Waals surface area contributed by atoms with Gasteiger partial charge in [-0.2, -0.15) is 9.61 Å². The minimum Gasteiger partial charge on any atom is -0.352 e. The van der Waals surface area contributed by atoms with Crippen LogP contribution in [0.2, 0.25) is 0 Å². The fraction of sp³-hybridized carbons (Fsp3) is 0.462. The van der Waals surface area contributed by atoms with Crippen LogP contribution in [0.4, 0.5) is 5.82 Å². The SMILES string of the molecule is CCCC(=O)NC1CN(c2ccnc3ccnn23)C1. The van der Waals surface area contributed by atoms with Gasteiger partial charge in [-0.25, -0.2) is 4.98 Å². The molecule has 0 unspecified atom stereocenters. The van der Waals surface area contributed by atoms with Crippen molar-refractivity contribution in [3.05, 3.63) is 24.5 Å². The second-order valence-electron chi connectivity index (χ2n) is 4.82. The largest absolute Gasteiger partial charge is 0.352 e. The summed E-state index contributed by atoms with van der Waals surface area (Å²) in [6.45, 7) is 3.67. The first-order valence-electron chi connectivity index (χ1n) is 6.61. The van der Waals surface area contributed by atoms with Gasteiger partial charge in [0.2, 0.25) is 5.91 Å². The fourth-order valence-corrected chi connectivity index (χ4v) is 2.34. The highest BCUT2D eigenvalue weighted by molar-refractivity contribution is 5.76. The summed E-state index contributed by atoms with van der Waals surface area (Å²) in [5.74, 6) is 1.17. The van der Waals surface area contributed by atoms with E-state index in [-0.39, 0.29) is 11.9 Å². The van der Waals surface area contributed by atoms with Gasteiger partial charge in [0.25, 0.3) is 0 Å². The zero-order valence-corrected chi connectivity index (χ0v) is 10.9. The third kappa shape index (κ3) is 2.25. The normalized spacial score (nSPS) is 15.5. The van der Waals surface area contributed by atoms with Gasteiger partial charge in [-0.1, -0.05) is 6.92 Å². The lowest BCUT2D eigenvalue weighted by Crippen LogP contribution is -2.59. The van der Waals surface area contributed by atoms with Crippen molar-refractivity contribution in [2.24, 2.45) is 0 Å². The summed E-state index contributed by atoms with van der Waals surface area (Å²) >= 11 is 0. The molecule has 1 aliphatic heterocycles. The van der Waals surface area contributed by atoms with Crippen molar-refractivity contribution in [1.29, 1.82) is 0 Å². The van der Waals surface area contributed by atoms with E-state index in [0.717, 1.165) is 31.0 Å². The summed E-state index contributed by atoms with van der Waals surface area (Å²) in [5.41, 5.74) is 0.843. The lowest BCUT2D eigenvalue weighted by atomic mass is 10.1. The smallest absolute Gasteiger partial charge is 0.220 e. The average Bonchev–Trinajstić information content (AvgIpc) is 2.82. The average molecular weight is 259 g/mol. The molecule has 6 nitrogen and oxygen atoms in total. The maximum atomic E-state index is 11.5. The highest BCUT2D eigenvalue weighted by Gasteiger charge is 2.29. The van der Waals surface area contributed by atoms with Gasteiger partial charge >= 0.3 is 0 Å². The second-order valence-corrected chi connectivity index (χ2v) is 4.82. The fourth-order valence-electron chi connectivity index (χ4n) is 2.34. The molecule has 0 spiro atoms. The summed E-state index contributed by atoms with van der Waals surface area (Å²) in [6, 6.07) is 4.08. The van der Waals surface area contributed by atoms with Gasteiger partial charge in [0, 0.05) is 31.8 Å². The Bertz CT molecular complexity index is 587. The summed E-state index contributed by atoms with van der Waals surface area (Å²) in [7, 11) is 0. The molecule has 3 heterocycles. The van der Waals surface area contributed by atoms with Crippen molar-refractivity contribution in [2.45, 2.75) is 25.8 Å². The number of hydrogen-bond donors (Lipinski definition) is 1. The number of carbonyl (C=O) groups excluding carboxylic acids is 1. The second kappa shape index (κ2) is 4.87. The Morgan fingerprint density at radius 3 is 3.05 bits per heavy atom. The molecular weight excluding hydrogens is 242 g/mol. The van der Waals surface area contributed by atoms with Crippen molar-refractivity contribution < 1.29 is 4.79 Å². The van der Waals surface area contributed by atoms with E-state index in [0.29, 0.717) is 6.42 Å². The Hall–Kier alpha value is -2.11. The van der Waals surface area contributed by atoms with Crippen LogP contribution in [0.5, 0.6) is 0 Å². The monoisotopic (exact) mass is 259 g/mol.